The highest BCUT2D eigenvalue weighted by molar-refractivity contribution is 6.33. The molecule has 0 aliphatic heterocycles. The molecular weight excluding hydrogens is 238 g/mol. The van der Waals surface area contributed by atoms with Crippen LogP contribution in [0.15, 0.2) is 30.9 Å². The Kier molecular flexibility index (Phi) is 5.04. The Hall–Kier alpha value is -1.48. The molecule has 1 aromatic rings. The van der Waals surface area contributed by atoms with Crippen LogP contribution in [0.25, 0.3) is 0 Å². The highest BCUT2D eigenvalue weighted by Gasteiger charge is 2.11. The van der Waals surface area contributed by atoms with Gasteiger partial charge in [-0.05, 0) is 24.6 Å². The topological polar surface area (TPSA) is 40.5 Å². The second kappa shape index (κ2) is 6.30. The molecule has 0 aliphatic carbocycles. The third kappa shape index (κ3) is 3.49. The van der Waals surface area contributed by atoms with E-state index in [2.05, 4.69) is 18.4 Å². The van der Waals surface area contributed by atoms with E-state index in [1.165, 1.54) is 6.07 Å². The maximum absolute atomic E-state index is 10.8. The van der Waals surface area contributed by atoms with Gasteiger partial charge in [-0.3, -0.25) is 0 Å². The van der Waals surface area contributed by atoms with E-state index in [0.29, 0.717) is 0 Å². The van der Waals surface area contributed by atoms with Crippen LogP contribution in [0.2, 0.25) is 5.02 Å². The molecule has 1 N–H and O–H groups in total. The van der Waals surface area contributed by atoms with Crippen LogP contribution in [0.3, 0.4) is 0 Å². The van der Waals surface area contributed by atoms with Gasteiger partial charge in [-0.2, -0.15) is 0 Å². The van der Waals surface area contributed by atoms with E-state index in [1.807, 2.05) is 6.08 Å². The van der Waals surface area contributed by atoms with Gasteiger partial charge in [0.25, 0.3) is 0 Å². The molecular formula is C13H16ClNO2. The summed E-state index contributed by atoms with van der Waals surface area (Å²) >= 11 is 5.94. The minimum atomic E-state index is -1.01. The summed E-state index contributed by atoms with van der Waals surface area (Å²) in [7, 11) is 0. The Morgan fingerprint density at radius 1 is 1.59 bits per heavy atom. The van der Waals surface area contributed by atoms with Crippen LogP contribution in [-0.2, 0) is 0 Å². The van der Waals surface area contributed by atoms with Crippen LogP contribution in [0.5, 0.6) is 0 Å². The van der Waals surface area contributed by atoms with Gasteiger partial charge >= 0.3 is 5.97 Å². The lowest BCUT2D eigenvalue weighted by Gasteiger charge is -2.23. The summed E-state index contributed by atoms with van der Waals surface area (Å²) < 4.78 is 0. The lowest BCUT2D eigenvalue weighted by molar-refractivity contribution is 0.0697. The minimum absolute atomic E-state index is 0.130. The molecule has 4 heteroatoms. The number of hydrogen-bond acceptors (Lipinski definition) is 2. The lowest BCUT2D eigenvalue weighted by Crippen LogP contribution is -2.24. The van der Waals surface area contributed by atoms with Crippen LogP contribution >= 0.6 is 11.6 Å². The molecule has 0 heterocycles. The van der Waals surface area contributed by atoms with Crippen molar-refractivity contribution in [1.82, 2.24) is 0 Å². The number of rotatable bonds is 6. The Bertz CT molecular complexity index is 418. The normalized spacial score (nSPS) is 10.0. The van der Waals surface area contributed by atoms with Crippen molar-refractivity contribution in [2.75, 3.05) is 18.0 Å². The molecule has 0 unspecified atom stereocenters. The van der Waals surface area contributed by atoms with E-state index in [9.17, 15) is 4.79 Å². The third-order valence-electron chi connectivity index (χ3n) is 2.39. The minimum Gasteiger partial charge on any atom is -0.478 e. The molecule has 0 spiro atoms. The molecule has 0 saturated heterocycles. The Morgan fingerprint density at radius 2 is 2.29 bits per heavy atom. The number of carboxylic acids is 1. The van der Waals surface area contributed by atoms with Gasteiger partial charge in [-0.25, -0.2) is 4.79 Å². The van der Waals surface area contributed by atoms with Gasteiger partial charge in [-0.15, -0.1) is 6.58 Å². The van der Waals surface area contributed by atoms with Crippen LogP contribution in [0.1, 0.15) is 23.7 Å². The summed E-state index contributed by atoms with van der Waals surface area (Å²) in [6, 6.07) is 4.99. The quantitative estimate of drug-likeness (QED) is 0.790. The monoisotopic (exact) mass is 253 g/mol. The molecule has 17 heavy (non-hydrogen) atoms. The van der Waals surface area contributed by atoms with Crippen molar-refractivity contribution in [1.29, 1.82) is 0 Å². The van der Waals surface area contributed by atoms with E-state index in [1.54, 1.807) is 12.1 Å². The number of halogens is 1. The van der Waals surface area contributed by atoms with E-state index in [4.69, 9.17) is 16.7 Å². The van der Waals surface area contributed by atoms with Crippen LogP contribution in [0, 0.1) is 0 Å². The van der Waals surface area contributed by atoms with Gasteiger partial charge in [-0.1, -0.05) is 24.6 Å². The number of carbonyl (C=O) groups is 1. The summed E-state index contributed by atoms with van der Waals surface area (Å²) in [5, 5.41) is 9.15. The van der Waals surface area contributed by atoms with Crippen LogP contribution in [0.4, 0.5) is 5.69 Å². The van der Waals surface area contributed by atoms with Crippen LogP contribution < -0.4 is 4.90 Å². The fourth-order valence-corrected chi connectivity index (χ4v) is 1.88. The zero-order valence-electron chi connectivity index (χ0n) is 9.82. The number of anilines is 1. The molecule has 0 aliphatic rings. The molecule has 0 aromatic heterocycles. The van der Waals surface area contributed by atoms with Gasteiger partial charge < -0.3 is 10.0 Å². The molecule has 0 fully saturated rings. The zero-order valence-corrected chi connectivity index (χ0v) is 10.6. The number of benzene rings is 1. The summed E-state index contributed by atoms with van der Waals surface area (Å²) in [6.07, 6.45) is 2.82. The first-order valence-corrected chi connectivity index (χ1v) is 5.86. The molecule has 0 amide bonds. The predicted octanol–water partition coefficient (Wildman–Crippen LogP) is 3.44. The maximum Gasteiger partial charge on any atom is 0.337 e. The first kappa shape index (κ1) is 13.6. The fourth-order valence-electron chi connectivity index (χ4n) is 1.63. The summed E-state index contributed by atoms with van der Waals surface area (Å²) in [6.45, 7) is 7.40. The molecule has 0 bridgehead atoms. The second-order valence-corrected chi connectivity index (χ2v) is 4.11. The Morgan fingerprint density at radius 3 is 2.76 bits per heavy atom. The van der Waals surface area contributed by atoms with Crippen molar-refractivity contribution < 1.29 is 9.90 Å². The number of aromatic carboxylic acids is 1. The SMILES string of the molecule is C=CCN(CCC)c1ccc(C(=O)O)c(Cl)c1. The van der Waals surface area contributed by atoms with E-state index in [-0.39, 0.29) is 10.6 Å². The molecule has 3 nitrogen and oxygen atoms in total. The summed E-state index contributed by atoms with van der Waals surface area (Å²) in [5.41, 5.74) is 1.05. The zero-order chi connectivity index (χ0) is 12.8. The second-order valence-electron chi connectivity index (χ2n) is 3.70. The maximum atomic E-state index is 10.8. The van der Waals surface area contributed by atoms with Gasteiger partial charge in [0, 0.05) is 18.8 Å². The van der Waals surface area contributed by atoms with Gasteiger partial charge in [0.05, 0.1) is 10.6 Å². The number of hydrogen-bond donors (Lipinski definition) is 1. The molecule has 1 aromatic carbocycles. The standard InChI is InChI=1S/C13H16ClNO2/c1-3-7-15(8-4-2)10-5-6-11(13(16)17)12(14)9-10/h3,5-6,9H,1,4,7-8H2,2H3,(H,16,17). The predicted molar refractivity (Wildman–Crippen MR) is 71.1 cm³/mol. The van der Waals surface area contributed by atoms with E-state index in [0.717, 1.165) is 25.2 Å². The van der Waals surface area contributed by atoms with Crippen molar-refractivity contribution in [3.05, 3.63) is 41.4 Å². The summed E-state index contributed by atoms with van der Waals surface area (Å²) in [4.78, 5) is 12.9. The van der Waals surface area contributed by atoms with Gasteiger partial charge in [0.1, 0.15) is 0 Å². The number of nitrogens with zero attached hydrogens (tertiary/aromatic N) is 1. The van der Waals surface area contributed by atoms with Crippen molar-refractivity contribution in [3.8, 4) is 0 Å². The van der Waals surface area contributed by atoms with Gasteiger partial charge in [0.2, 0.25) is 0 Å². The first-order chi connectivity index (χ1) is 8.10. The Labute approximate surface area is 106 Å². The average molecular weight is 254 g/mol. The van der Waals surface area contributed by atoms with Crippen molar-refractivity contribution in [3.63, 3.8) is 0 Å². The molecule has 0 saturated carbocycles. The first-order valence-electron chi connectivity index (χ1n) is 5.48. The third-order valence-corrected chi connectivity index (χ3v) is 2.70. The highest BCUT2D eigenvalue weighted by atomic mass is 35.5. The van der Waals surface area contributed by atoms with Gasteiger partial charge in [0.15, 0.2) is 0 Å². The van der Waals surface area contributed by atoms with E-state index < -0.39 is 5.97 Å². The van der Waals surface area contributed by atoms with Crippen molar-refractivity contribution >= 4 is 23.3 Å². The molecule has 1 rings (SSSR count). The fraction of sp³-hybridized carbons (Fsp3) is 0.308. The highest BCUT2D eigenvalue weighted by Crippen LogP contribution is 2.24. The largest absolute Gasteiger partial charge is 0.478 e. The van der Waals surface area contributed by atoms with Crippen molar-refractivity contribution in [2.45, 2.75) is 13.3 Å². The average Bonchev–Trinajstić information content (AvgIpc) is 2.28. The van der Waals surface area contributed by atoms with E-state index >= 15 is 0 Å². The van der Waals surface area contributed by atoms with Crippen molar-refractivity contribution in [2.24, 2.45) is 0 Å². The molecule has 0 atom stereocenters. The molecule has 0 radical (unpaired) electrons. The Balaban J connectivity index is 3.01. The lowest BCUT2D eigenvalue weighted by atomic mass is 10.2. The molecule has 92 valence electrons. The summed E-state index contributed by atoms with van der Waals surface area (Å²) in [5.74, 6) is -1.01. The van der Waals surface area contributed by atoms with Crippen LogP contribution in [-0.4, -0.2) is 24.2 Å². The smallest absolute Gasteiger partial charge is 0.337 e. The number of carboxylic acid groups (broad SMARTS) is 1.